The number of carbonyl (C=O) groups excluding carboxylic acids is 1. The normalized spacial score (nSPS) is 15.0. The van der Waals surface area contributed by atoms with Crippen LogP contribution in [-0.4, -0.2) is 64.3 Å². The minimum Gasteiger partial charge on any atom is -0.491 e. The van der Waals surface area contributed by atoms with Crippen molar-refractivity contribution in [3.8, 4) is 17.0 Å². The Bertz CT molecular complexity index is 1130. The van der Waals surface area contributed by atoms with E-state index in [1.807, 2.05) is 26.8 Å². The highest BCUT2D eigenvalue weighted by molar-refractivity contribution is 5.96. The zero-order chi connectivity index (χ0) is 24.3. The highest BCUT2D eigenvalue weighted by atomic mass is 19.1. The number of aromatic nitrogens is 3. The molecular weight excluding hydrogens is 439 g/mol. The first-order valence-electron chi connectivity index (χ1n) is 11.5. The molecule has 8 nitrogen and oxygen atoms in total. The van der Waals surface area contributed by atoms with Crippen LogP contribution in [0.5, 0.6) is 5.75 Å². The smallest absolute Gasteiger partial charge is 0.419 e. The highest BCUT2D eigenvalue weighted by Crippen LogP contribution is 2.32. The average molecular weight is 471 g/mol. The molecule has 3 aromatic rings. The molecule has 0 spiro atoms. The number of alkyl halides is 1. The van der Waals surface area contributed by atoms with Gasteiger partial charge < -0.3 is 19.5 Å². The fourth-order valence-electron chi connectivity index (χ4n) is 4.09. The number of hydrogen-bond donors (Lipinski definition) is 1. The maximum atomic E-state index is 13.2. The Morgan fingerprint density at radius 2 is 1.88 bits per heavy atom. The van der Waals surface area contributed by atoms with Crippen molar-refractivity contribution in [1.82, 2.24) is 14.5 Å². The first-order chi connectivity index (χ1) is 16.3. The van der Waals surface area contributed by atoms with Crippen LogP contribution in [0, 0.1) is 5.92 Å². The van der Waals surface area contributed by atoms with Crippen LogP contribution in [0.1, 0.15) is 33.6 Å². The number of carbonyl (C=O) groups is 1. The van der Waals surface area contributed by atoms with Gasteiger partial charge in [0, 0.05) is 43.0 Å². The molecule has 1 aromatic carbocycles. The molecule has 0 atom stereocenters. The van der Waals surface area contributed by atoms with E-state index < -0.39 is 18.4 Å². The fraction of sp³-hybridized carbons (Fsp3) is 0.480. The van der Waals surface area contributed by atoms with E-state index in [2.05, 4.69) is 14.9 Å². The van der Waals surface area contributed by atoms with Crippen molar-refractivity contribution in [2.75, 3.05) is 37.9 Å². The van der Waals surface area contributed by atoms with Crippen molar-refractivity contribution in [2.24, 2.45) is 5.92 Å². The Kier molecular flexibility index (Phi) is 7.02. The highest BCUT2D eigenvalue weighted by Gasteiger charge is 2.24. The summed E-state index contributed by atoms with van der Waals surface area (Å²) in [6, 6.07) is 7.09. The fourth-order valence-corrected chi connectivity index (χ4v) is 4.09. The van der Waals surface area contributed by atoms with E-state index in [4.69, 9.17) is 9.47 Å². The molecule has 1 saturated heterocycles. The maximum Gasteiger partial charge on any atom is 0.419 e. The lowest BCUT2D eigenvalue weighted by Gasteiger charge is -2.31. The van der Waals surface area contributed by atoms with Crippen LogP contribution in [0.25, 0.3) is 22.2 Å². The molecule has 1 aliphatic rings. The van der Waals surface area contributed by atoms with Crippen molar-refractivity contribution in [3.05, 3.63) is 36.7 Å². The molecule has 3 heterocycles. The summed E-state index contributed by atoms with van der Waals surface area (Å²) < 4.78 is 25.1. The minimum absolute atomic E-state index is 0.0318. The van der Waals surface area contributed by atoms with Crippen LogP contribution in [0.3, 0.4) is 0 Å². The first-order valence-corrected chi connectivity index (χ1v) is 11.5. The lowest BCUT2D eigenvalue weighted by Crippen LogP contribution is -2.35. The van der Waals surface area contributed by atoms with Crippen LogP contribution < -0.4 is 9.64 Å². The molecule has 2 aromatic heterocycles. The molecule has 1 fully saturated rings. The molecule has 0 amide bonds. The topological polar surface area (TPSA) is 89.7 Å². The lowest BCUT2D eigenvalue weighted by molar-refractivity contribution is 0.0547. The molecule has 0 aliphatic carbocycles. The van der Waals surface area contributed by atoms with Gasteiger partial charge in [0.2, 0.25) is 5.95 Å². The predicted molar refractivity (Wildman–Crippen MR) is 128 cm³/mol. The molecule has 0 saturated carbocycles. The summed E-state index contributed by atoms with van der Waals surface area (Å²) in [6.07, 6.45) is 4.71. The van der Waals surface area contributed by atoms with E-state index in [0.717, 1.165) is 31.3 Å². The molecule has 9 heteroatoms. The van der Waals surface area contributed by atoms with E-state index in [9.17, 15) is 14.3 Å². The predicted octanol–water partition coefficient (Wildman–Crippen LogP) is 4.44. The Morgan fingerprint density at radius 3 is 2.50 bits per heavy atom. The van der Waals surface area contributed by atoms with E-state index >= 15 is 0 Å². The minimum atomic E-state index is -0.670. The number of benzene rings is 1. The SMILES string of the molecule is CC(C)(C)OC(=O)n1c(-c2cnc(N3CCC(CO)CC3)nc2)cc2cc(OCCF)ccc21. The van der Waals surface area contributed by atoms with E-state index in [0.29, 0.717) is 34.4 Å². The van der Waals surface area contributed by atoms with Gasteiger partial charge in [0.05, 0.1) is 11.2 Å². The number of fused-ring (bicyclic) bond motifs is 1. The average Bonchev–Trinajstić information content (AvgIpc) is 3.21. The van der Waals surface area contributed by atoms with Crippen LogP contribution in [-0.2, 0) is 4.74 Å². The zero-order valence-corrected chi connectivity index (χ0v) is 19.8. The standard InChI is InChI=1S/C25H31FN4O4/c1-25(2,3)34-24(32)30-21-5-4-20(33-11-8-26)12-18(21)13-22(30)19-14-27-23(28-15-19)29-9-6-17(16-31)7-10-29/h4-5,12-15,17,31H,6-11,16H2,1-3H3. The Labute approximate surface area is 198 Å². The second-order valence-corrected chi connectivity index (χ2v) is 9.49. The van der Waals surface area contributed by atoms with Gasteiger partial charge in [-0.25, -0.2) is 23.7 Å². The quantitative estimate of drug-likeness (QED) is 0.570. The number of piperidine rings is 1. The summed E-state index contributed by atoms with van der Waals surface area (Å²) in [5, 5.41) is 10.1. The summed E-state index contributed by atoms with van der Waals surface area (Å²) in [7, 11) is 0. The van der Waals surface area contributed by atoms with Gasteiger partial charge >= 0.3 is 6.09 Å². The number of aliphatic hydroxyl groups is 1. The molecule has 182 valence electrons. The van der Waals surface area contributed by atoms with Crippen molar-refractivity contribution < 1.29 is 23.8 Å². The van der Waals surface area contributed by atoms with Gasteiger partial charge in [0.25, 0.3) is 0 Å². The van der Waals surface area contributed by atoms with Gasteiger partial charge in [-0.05, 0) is 63.8 Å². The zero-order valence-electron chi connectivity index (χ0n) is 19.8. The molecule has 1 aliphatic heterocycles. The van der Waals surface area contributed by atoms with Crippen molar-refractivity contribution >= 4 is 22.9 Å². The summed E-state index contributed by atoms with van der Waals surface area (Å²) in [5.74, 6) is 1.48. The summed E-state index contributed by atoms with van der Waals surface area (Å²) in [5.41, 5.74) is 1.24. The lowest BCUT2D eigenvalue weighted by atomic mass is 9.98. The molecule has 0 unspecified atom stereocenters. The van der Waals surface area contributed by atoms with Crippen LogP contribution in [0.4, 0.5) is 15.1 Å². The van der Waals surface area contributed by atoms with Gasteiger partial charge in [0.1, 0.15) is 24.6 Å². The second-order valence-electron chi connectivity index (χ2n) is 9.49. The largest absolute Gasteiger partial charge is 0.491 e. The summed E-state index contributed by atoms with van der Waals surface area (Å²) in [4.78, 5) is 24.4. The van der Waals surface area contributed by atoms with E-state index in [-0.39, 0.29) is 13.2 Å². The van der Waals surface area contributed by atoms with Gasteiger partial charge in [-0.3, -0.25) is 0 Å². The molecule has 34 heavy (non-hydrogen) atoms. The molecule has 1 N–H and O–H groups in total. The van der Waals surface area contributed by atoms with Gasteiger partial charge in [0.15, 0.2) is 0 Å². The molecule has 0 radical (unpaired) electrons. The number of halogens is 1. The third-order valence-electron chi connectivity index (χ3n) is 5.78. The van der Waals surface area contributed by atoms with Gasteiger partial charge in [-0.1, -0.05) is 0 Å². The Balaban J connectivity index is 1.68. The number of hydrogen-bond acceptors (Lipinski definition) is 7. The Hall–Kier alpha value is -3.20. The number of rotatable bonds is 6. The van der Waals surface area contributed by atoms with Crippen molar-refractivity contribution in [3.63, 3.8) is 0 Å². The molecule has 0 bridgehead atoms. The van der Waals surface area contributed by atoms with Crippen molar-refractivity contribution in [1.29, 1.82) is 0 Å². The van der Waals surface area contributed by atoms with Crippen LogP contribution in [0.2, 0.25) is 0 Å². The first kappa shape index (κ1) is 23.9. The third-order valence-corrected chi connectivity index (χ3v) is 5.78. The van der Waals surface area contributed by atoms with Gasteiger partial charge in [-0.15, -0.1) is 0 Å². The Morgan fingerprint density at radius 1 is 1.18 bits per heavy atom. The molecule has 4 rings (SSSR count). The van der Waals surface area contributed by atoms with Gasteiger partial charge in [-0.2, -0.15) is 0 Å². The number of nitrogens with zero attached hydrogens (tertiary/aromatic N) is 4. The maximum absolute atomic E-state index is 13.2. The number of anilines is 1. The summed E-state index contributed by atoms with van der Waals surface area (Å²) >= 11 is 0. The number of aliphatic hydroxyl groups excluding tert-OH is 1. The van der Waals surface area contributed by atoms with Crippen molar-refractivity contribution in [2.45, 2.75) is 39.2 Å². The monoisotopic (exact) mass is 470 g/mol. The summed E-state index contributed by atoms with van der Waals surface area (Å²) in [6.45, 7) is 6.64. The third kappa shape index (κ3) is 5.30. The van der Waals surface area contributed by atoms with Crippen LogP contribution >= 0.6 is 0 Å². The molecular formula is C25H31FN4O4. The van der Waals surface area contributed by atoms with E-state index in [1.165, 1.54) is 4.57 Å². The second kappa shape index (κ2) is 9.97. The number of ether oxygens (including phenoxy) is 2. The van der Waals surface area contributed by atoms with E-state index in [1.54, 1.807) is 30.6 Å². The van der Waals surface area contributed by atoms with Crippen LogP contribution in [0.15, 0.2) is 36.7 Å².